The minimum Gasteiger partial charge on any atom is -0.396 e. The molecule has 0 aliphatic carbocycles. The number of carbonyl (C=O) groups is 1. The van der Waals surface area contributed by atoms with E-state index in [-0.39, 0.29) is 11.6 Å². The largest absolute Gasteiger partial charge is 0.396 e. The first-order valence-electron chi connectivity index (χ1n) is 6.67. The van der Waals surface area contributed by atoms with Crippen molar-refractivity contribution in [3.63, 3.8) is 0 Å². The third-order valence-corrected chi connectivity index (χ3v) is 4.08. The summed E-state index contributed by atoms with van der Waals surface area (Å²) < 4.78 is 13.6. The van der Waals surface area contributed by atoms with Gasteiger partial charge in [0.2, 0.25) is 5.91 Å². The topological polar surface area (TPSA) is 55.1 Å². The van der Waals surface area contributed by atoms with Gasteiger partial charge in [-0.25, -0.2) is 4.39 Å². The predicted octanol–water partition coefficient (Wildman–Crippen LogP) is 4.08. The standard InChI is InChI=1S/C17H17FN2OS/c1-10-4-5-14(13-6-7-16(19)15(18)8-13)9-17(10)22-12(3)20-11(2)21/h4-9H,3,19H2,1-2H3,(H,20,21). The van der Waals surface area contributed by atoms with Crippen LogP contribution in [0, 0.1) is 12.7 Å². The maximum absolute atomic E-state index is 13.6. The summed E-state index contributed by atoms with van der Waals surface area (Å²) in [7, 11) is 0. The van der Waals surface area contributed by atoms with E-state index in [0.29, 0.717) is 5.03 Å². The van der Waals surface area contributed by atoms with E-state index in [1.807, 2.05) is 25.1 Å². The molecule has 0 saturated heterocycles. The first kappa shape index (κ1) is 16.1. The molecule has 0 aliphatic heterocycles. The third kappa shape index (κ3) is 3.89. The Bertz CT molecular complexity index is 743. The highest BCUT2D eigenvalue weighted by Crippen LogP contribution is 2.32. The van der Waals surface area contributed by atoms with Gasteiger partial charge in [0.25, 0.3) is 0 Å². The summed E-state index contributed by atoms with van der Waals surface area (Å²) in [5.74, 6) is -0.596. The molecule has 114 valence electrons. The van der Waals surface area contributed by atoms with Gasteiger partial charge in [-0.1, -0.05) is 36.5 Å². The molecule has 0 spiro atoms. The van der Waals surface area contributed by atoms with Crippen molar-refractivity contribution in [2.45, 2.75) is 18.7 Å². The van der Waals surface area contributed by atoms with Gasteiger partial charge in [-0.2, -0.15) is 0 Å². The van der Waals surface area contributed by atoms with Crippen molar-refractivity contribution >= 4 is 23.4 Å². The van der Waals surface area contributed by atoms with E-state index in [1.165, 1.54) is 24.8 Å². The van der Waals surface area contributed by atoms with Crippen LogP contribution in [0.3, 0.4) is 0 Å². The van der Waals surface area contributed by atoms with Crippen LogP contribution in [0.15, 0.2) is 52.9 Å². The number of nitrogen functional groups attached to an aromatic ring is 1. The van der Waals surface area contributed by atoms with Gasteiger partial charge < -0.3 is 11.1 Å². The van der Waals surface area contributed by atoms with Gasteiger partial charge in [-0.15, -0.1) is 0 Å². The maximum Gasteiger partial charge on any atom is 0.221 e. The fraction of sp³-hybridized carbons (Fsp3) is 0.118. The van der Waals surface area contributed by atoms with Gasteiger partial charge >= 0.3 is 0 Å². The van der Waals surface area contributed by atoms with Crippen LogP contribution in [0.1, 0.15) is 12.5 Å². The summed E-state index contributed by atoms with van der Waals surface area (Å²) in [6, 6.07) is 10.6. The molecule has 0 radical (unpaired) electrons. The number of nitrogens with one attached hydrogen (secondary N) is 1. The van der Waals surface area contributed by atoms with Crippen molar-refractivity contribution in [2.75, 3.05) is 5.73 Å². The van der Waals surface area contributed by atoms with Crippen LogP contribution in [0.2, 0.25) is 0 Å². The van der Waals surface area contributed by atoms with E-state index in [0.717, 1.165) is 21.6 Å². The highest BCUT2D eigenvalue weighted by atomic mass is 32.2. The summed E-state index contributed by atoms with van der Waals surface area (Å²) in [6.07, 6.45) is 0. The van der Waals surface area contributed by atoms with Crippen LogP contribution in [-0.2, 0) is 4.79 Å². The first-order valence-corrected chi connectivity index (χ1v) is 7.49. The highest BCUT2D eigenvalue weighted by Gasteiger charge is 2.08. The smallest absolute Gasteiger partial charge is 0.221 e. The lowest BCUT2D eigenvalue weighted by molar-refractivity contribution is -0.118. The number of halogens is 1. The van der Waals surface area contributed by atoms with E-state index < -0.39 is 5.82 Å². The molecule has 2 rings (SSSR count). The van der Waals surface area contributed by atoms with Gasteiger partial charge in [-0.05, 0) is 41.8 Å². The van der Waals surface area contributed by atoms with Crippen molar-refractivity contribution < 1.29 is 9.18 Å². The Hall–Kier alpha value is -2.27. The van der Waals surface area contributed by atoms with E-state index in [2.05, 4.69) is 11.9 Å². The molecular weight excluding hydrogens is 299 g/mol. The van der Waals surface area contributed by atoms with Crippen LogP contribution < -0.4 is 11.1 Å². The fourth-order valence-corrected chi connectivity index (χ4v) is 2.83. The Kier molecular flexibility index (Phi) is 4.88. The number of thioether (sulfide) groups is 1. The molecule has 0 heterocycles. The molecule has 2 aromatic rings. The molecule has 0 aromatic heterocycles. The van der Waals surface area contributed by atoms with Gasteiger partial charge in [0, 0.05) is 11.8 Å². The molecule has 0 atom stereocenters. The first-order chi connectivity index (χ1) is 10.4. The van der Waals surface area contributed by atoms with Gasteiger partial charge in [0.15, 0.2) is 0 Å². The number of rotatable bonds is 4. The molecule has 5 heteroatoms. The van der Waals surface area contributed by atoms with E-state index in [9.17, 15) is 9.18 Å². The maximum atomic E-state index is 13.6. The molecule has 3 nitrogen and oxygen atoms in total. The summed E-state index contributed by atoms with van der Waals surface area (Å²) in [5, 5.41) is 3.20. The average molecular weight is 316 g/mol. The Morgan fingerprint density at radius 2 is 1.86 bits per heavy atom. The summed E-state index contributed by atoms with van der Waals surface area (Å²) in [4.78, 5) is 12.0. The second kappa shape index (κ2) is 6.66. The molecule has 1 amide bonds. The summed E-state index contributed by atoms with van der Waals surface area (Å²) in [5.41, 5.74) is 8.31. The monoisotopic (exact) mass is 316 g/mol. The number of benzene rings is 2. The lowest BCUT2D eigenvalue weighted by Gasteiger charge is -2.11. The van der Waals surface area contributed by atoms with E-state index >= 15 is 0 Å². The minimum atomic E-state index is -0.435. The van der Waals surface area contributed by atoms with Gasteiger partial charge in [0.1, 0.15) is 5.82 Å². The Morgan fingerprint density at radius 1 is 1.23 bits per heavy atom. The molecule has 0 saturated carbocycles. The van der Waals surface area contributed by atoms with Crippen LogP contribution in [0.25, 0.3) is 11.1 Å². The zero-order chi connectivity index (χ0) is 16.3. The molecule has 0 unspecified atom stereocenters. The zero-order valence-electron chi connectivity index (χ0n) is 12.4. The number of hydrogen-bond donors (Lipinski definition) is 2. The quantitative estimate of drug-likeness (QED) is 0.660. The lowest BCUT2D eigenvalue weighted by atomic mass is 10.0. The molecule has 3 N–H and O–H groups in total. The predicted molar refractivity (Wildman–Crippen MR) is 89.8 cm³/mol. The van der Waals surface area contributed by atoms with Crippen molar-refractivity contribution in [2.24, 2.45) is 0 Å². The van der Waals surface area contributed by atoms with Crippen molar-refractivity contribution in [1.82, 2.24) is 5.32 Å². The number of amides is 1. The molecule has 0 bridgehead atoms. The molecule has 2 aromatic carbocycles. The number of aryl methyl sites for hydroxylation is 1. The summed E-state index contributed by atoms with van der Waals surface area (Å²) >= 11 is 1.37. The van der Waals surface area contributed by atoms with Crippen molar-refractivity contribution in [3.8, 4) is 11.1 Å². The third-order valence-electron chi connectivity index (χ3n) is 3.07. The Labute approximate surface area is 133 Å². The number of anilines is 1. The number of nitrogens with two attached hydrogens (primary N) is 1. The highest BCUT2D eigenvalue weighted by molar-refractivity contribution is 8.03. The molecule has 0 aliphatic rings. The van der Waals surface area contributed by atoms with Gasteiger partial charge in [-0.3, -0.25) is 4.79 Å². The fourth-order valence-electron chi connectivity index (χ4n) is 1.95. The van der Waals surface area contributed by atoms with Crippen LogP contribution in [0.5, 0.6) is 0 Å². The number of hydrogen-bond acceptors (Lipinski definition) is 3. The Balaban J connectivity index is 2.31. The summed E-state index contributed by atoms with van der Waals surface area (Å²) in [6.45, 7) is 7.22. The SMILES string of the molecule is C=C(NC(C)=O)Sc1cc(-c2ccc(N)c(F)c2)ccc1C. The lowest BCUT2D eigenvalue weighted by Crippen LogP contribution is -2.16. The van der Waals surface area contributed by atoms with Gasteiger partial charge in [0.05, 0.1) is 10.7 Å². The van der Waals surface area contributed by atoms with E-state index in [4.69, 9.17) is 5.73 Å². The Morgan fingerprint density at radius 3 is 2.50 bits per heavy atom. The number of carbonyl (C=O) groups excluding carboxylic acids is 1. The average Bonchev–Trinajstić information content (AvgIpc) is 2.43. The molecular formula is C17H17FN2OS. The normalized spacial score (nSPS) is 10.3. The van der Waals surface area contributed by atoms with Crippen molar-refractivity contribution in [3.05, 3.63) is 59.4 Å². The zero-order valence-corrected chi connectivity index (χ0v) is 13.3. The second-order valence-electron chi connectivity index (χ2n) is 4.92. The second-order valence-corrected chi connectivity index (χ2v) is 6.06. The van der Waals surface area contributed by atoms with E-state index in [1.54, 1.807) is 12.1 Å². The van der Waals surface area contributed by atoms with Crippen LogP contribution in [-0.4, -0.2) is 5.91 Å². The molecule has 22 heavy (non-hydrogen) atoms. The van der Waals surface area contributed by atoms with Crippen LogP contribution >= 0.6 is 11.8 Å². The van der Waals surface area contributed by atoms with Crippen molar-refractivity contribution in [1.29, 1.82) is 0 Å². The molecule has 0 fully saturated rings. The minimum absolute atomic E-state index is 0.129. The van der Waals surface area contributed by atoms with Crippen LogP contribution in [0.4, 0.5) is 10.1 Å².